The molecule has 0 fully saturated rings. The predicted octanol–water partition coefficient (Wildman–Crippen LogP) is 3.71. The van der Waals surface area contributed by atoms with Crippen molar-refractivity contribution < 1.29 is 9.90 Å². The van der Waals surface area contributed by atoms with E-state index < -0.39 is 5.97 Å². The van der Waals surface area contributed by atoms with Gasteiger partial charge in [-0.15, -0.1) is 0 Å². The van der Waals surface area contributed by atoms with Crippen LogP contribution in [0.1, 0.15) is 10.4 Å². The molecule has 5 rings (SSSR count). The van der Waals surface area contributed by atoms with E-state index in [1.165, 1.54) is 0 Å². The maximum atomic E-state index is 11.1. The van der Waals surface area contributed by atoms with Gasteiger partial charge in [-0.3, -0.25) is 5.10 Å². The smallest absolute Gasteiger partial charge is 0.335 e. The molecule has 0 aliphatic rings. The van der Waals surface area contributed by atoms with Gasteiger partial charge in [0.05, 0.1) is 23.0 Å². The topological polar surface area (TPSA) is 108 Å². The monoisotopic (exact) mass is 370 g/mol. The van der Waals surface area contributed by atoms with E-state index in [-0.39, 0.29) is 5.56 Å². The zero-order valence-corrected chi connectivity index (χ0v) is 14.5. The Morgan fingerprint density at radius 3 is 2.82 bits per heavy atom. The second-order valence-corrected chi connectivity index (χ2v) is 6.31. The fraction of sp³-hybridized carbons (Fsp3) is 0. The SMILES string of the molecule is O=C(O)c1ccc(-c2cn3ccnc3c(Nc3ccc4cn[nH]c4c3)n2)cc1. The summed E-state index contributed by atoms with van der Waals surface area (Å²) in [5, 5.41) is 20.4. The van der Waals surface area contributed by atoms with Gasteiger partial charge in [-0.2, -0.15) is 5.10 Å². The number of hydrogen-bond donors (Lipinski definition) is 3. The van der Waals surface area contributed by atoms with Crippen molar-refractivity contribution in [3.63, 3.8) is 0 Å². The van der Waals surface area contributed by atoms with E-state index in [2.05, 4.69) is 20.5 Å². The maximum absolute atomic E-state index is 11.1. The Morgan fingerprint density at radius 2 is 2.00 bits per heavy atom. The predicted molar refractivity (Wildman–Crippen MR) is 105 cm³/mol. The maximum Gasteiger partial charge on any atom is 0.335 e. The van der Waals surface area contributed by atoms with Crippen LogP contribution in [0.15, 0.2) is 67.3 Å². The number of carbonyl (C=O) groups is 1. The van der Waals surface area contributed by atoms with Crippen molar-refractivity contribution in [3.8, 4) is 11.3 Å². The molecule has 8 heteroatoms. The fourth-order valence-corrected chi connectivity index (χ4v) is 3.09. The van der Waals surface area contributed by atoms with Gasteiger partial charge in [0.2, 0.25) is 0 Å². The standard InChI is InChI=1S/C20H14N6O2/c27-20(28)13-3-1-12(2-4-13)17-11-26-8-7-21-19(26)18(24-17)23-15-6-5-14-10-22-25-16(14)9-15/h1-11H,(H,22,25)(H,23,24)(H,27,28). The quantitative estimate of drug-likeness (QED) is 0.445. The Kier molecular flexibility index (Phi) is 3.55. The molecule has 0 radical (unpaired) electrons. The first kappa shape index (κ1) is 16.0. The number of aromatic amines is 1. The van der Waals surface area contributed by atoms with Crippen LogP contribution in [-0.4, -0.2) is 35.6 Å². The van der Waals surface area contributed by atoms with Gasteiger partial charge in [0.25, 0.3) is 0 Å². The number of fused-ring (bicyclic) bond motifs is 2. The van der Waals surface area contributed by atoms with Crippen LogP contribution in [0, 0.1) is 0 Å². The molecule has 0 atom stereocenters. The minimum absolute atomic E-state index is 0.235. The number of imidazole rings is 1. The number of anilines is 2. The second kappa shape index (κ2) is 6.20. The number of carboxylic acids is 1. The molecule has 0 aliphatic carbocycles. The summed E-state index contributed by atoms with van der Waals surface area (Å²) in [4.78, 5) is 20.2. The van der Waals surface area contributed by atoms with Gasteiger partial charge >= 0.3 is 5.97 Å². The normalized spacial score (nSPS) is 11.1. The molecule has 5 aromatic rings. The third-order valence-corrected chi connectivity index (χ3v) is 4.51. The van der Waals surface area contributed by atoms with Crippen LogP contribution in [0.5, 0.6) is 0 Å². The largest absolute Gasteiger partial charge is 0.478 e. The number of H-pyrrole nitrogens is 1. The lowest BCUT2D eigenvalue weighted by Crippen LogP contribution is -2.01. The molecule has 0 unspecified atom stereocenters. The van der Waals surface area contributed by atoms with Crippen LogP contribution < -0.4 is 5.32 Å². The van der Waals surface area contributed by atoms with Gasteiger partial charge < -0.3 is 14.8 Å². The minimum Gasteiger partial charge on any atom is -0.478 e. The number of hydrogen-bond acceptors (Lipinski definition) is 5. The highest BCUT2D eigenvalue weighted by molar-refractivity contribution is 5.88. The average Bonchev–Trinajstić information content (AvgIpc) is 3.36. The van der Waals surface area contributed by atoms with E-state index in [1.807, 2.05) is 35.0 Å². The summed E-state index contributed by atoms with van der Waals surface area (Å²) in [7, 11) is 0. The van der Waals surface area contributed by atoms with Gasteiger partial charge in [-0.1, -0.05) is 12.1 Å². The van der Waals surface area contributed by atoms with Crippen molar-refractivity contribution in [2.75, 3.05) is 5.32 Å². The van der Waals surface area contributed by atoms with Crippen molar-refractivity contribution in [2.24, 2.45) is 0 Å². The van der Waals surface area contributed by atoms with Crippen LogP contribution in [0.2, 0.25) is 0 Å². The summed E-state index contributed by atoms with van der Waals surface area (Å²) in [5.74, 6) is -0.357. The van der Waals surface area contributed by atoms with E-state index in [4.69, 9.17) is 10.1 Å². The highest BCUT2D eigenvalue weighted by Gasteiger charge is 2.11. The summed E-state index contributed by atoms with van der Waals surface area (Å²) in [6.45, 7) is 0. The van der Waals surface area contributed by atoms with Gasteiger partial charge in [0, 0.05) is 35.2 Å². The van der Waals surface area contributed by atoms with Crippen LogP contribution in [0.4, 0.5) is 11.5 Å². The van der Waals surface area contributed by atoms with Crippen molar-refractivity contribution in [1.29, 1.82) is 0 Å². The molecule has 0 saturated heterocycles. The molecule has 3 heterocycles. The molecular weight excluding hydrogens is 356 g/mol. The number of rotatable bonds is 4. The number of aromatic nitrogens is 5. The average molecular weight is 370 g/mol. The van der Waals surface area contributed by atoms with Crippen LogP contribution in [-0.2, 0) is 0 Å². The Hall–Kier alpha value is -4.20. The van der Waals surface area contributed by atoms with E-state index in [0.29, 0.717) is 17.2 Å². The van der Waals surface area contributed by atoms with Gasteiger partial charge in [-0.25, -0.2) is 14.8 Å². The number of aromatic carboxylic acids is 1. The lowest BCUT2D eigenvalue weighted by molar-refractivity contribution is 0.0697. The van der Waals surface area contributed by atoms with Gasteiger partial charge in [0.15, 0.2) is 11.5 Å². The number of benzene rings is 2. The van der Waals surface area contributed by atoms with E-state index in [1.54, 1.807) is 36.7 Å². The summed E-state index contributed by atoms with van der Waals surface area (Å²) < 4.78 is 1.88. The molecule has 0 aliphatic heterocycles. The molecule has 0 spiro atoms. The van der Waals surface area contributed by atoms with E-state index in [0.717, 1.165) is 22.2 Å². The van der Waals surface area contributed by atoms with Gasteiger partial charge in [-0.05, 0) is 30.3 Å². The first-order chi connectivity index (χ1) is 13.7. The van der Waals surface area contributed by atoms with E-state index >= 15 is 0 Å². The Morgan fingerprint density at radius 1 is 1.14 bits per heavy atom. The molecule has 0 saturated carbocycles. The zero-order valence-electron chi connectivity index (χ0n) is 14.5. The second-order valence-electron chi connectivity index (χ2n) is 6.31. The Labute approximate surface area is 158 Å². The highest BCUT2D eigenvalue weighted by atomic mass is 16.4. The Bertz CT molecular complexity index is 1320. The third kappa shape index (κ3) is 2.73. The first-order valence-electron chi connectivity index (χ1n) is 8.55. The van der Waals surface area contributed by atoms with Crippen molar-refractivity contribution >= 4 is 34.0 Å². The van der Waals surface area contributed by atoms with Crippen LogP contribution in [0.25, 0.3) is 27.8 Å². The minimum atomic E-state index is -0.957. The first-order valence-corrected chi connectivity index (χ1v) is 8.55. The summed E-state index contributed by atoms with van der Waals surface area (Å²) >= 11 is 0. The summed E-state index contributed by atoms with van der Waals surface area (Å²) in [6.07, 6.45) is 7.18. The van der Waals surface area contributed by atoms with Crippen molar-refractivity contribution in [1.82, 2.24) is 24.6 Å². The van der Waals surface area contributed by atoms with Crippen LogP contribution >= 0.6 is 0 Å². The van der Waals surface area contributed by atoms with Gasteiger partial charge in [0.1, 0.15) is 0 Å². The zero-order chi connectivity index (χ0) is 19.1. The number of nitrogens with zero attached hydrogens (tertiary/aromatic N) is 4. The highest BCUT2D eigenvalue weighted by Crippen LogP contribution is 2.26. The molecule has 3 aromatic heterocycles. The molecule has 2 aromatic carbocycles. The number of carboxylic acid groups (broad SMARTS) is 1. The van der Waals surface area contributed by atoms with Crippen LogP contribution in [0.3, 0.4) is 0 Å². The molecule has 28 heavy (non-hydrogen) atoms. The summed E-state index contributed by atoms with van der Waals surface area (Å²) in [5.41, 5.74) is 4.21. The van der Waals surface area contributed by atoms with Crippen molar-refractivity contribution in [3.05, 3.63) is 72.8 Å². The molecule has 3 N–H and O–H groups in total. The molecule has 136 valence electrons. The summed E-state index contributed by atoms with van der Waals surface area (Å²) in [6, 6.07) is 12.5. The Balaban J connectivity index is 1.57. The van der Waals surface area contributed by atoms with Crippen molar-refractivity contribution in [2.45, 2.75) is 0 Å². The third-order valence-electron chi connectivity index (χ3n) is 4.51. The lowest BCUT2D eigenvalue weighted by Gasteiger charge is -2.10. The lowest BCUT2D eigenvalue weighted by atomic mass is 10.1. The fourth-order valence-electron chi connectivity index (χ4n) is 3.09. The van der Waals surface area contributed by atoms with E-state index in [9.17, 15) is 4.79 Å². The molecule has 0 bridgehead atoms. The number of nitrogens with one attached hydrogen (secondary N) is 2. The molecular formula is C20H14N6O2. The molecule has 8 nitrogen and oxygen atoms in total. The molecule has 0 amide bonds.